The van der Waals surface area contributed by atoms with Crippen LogP contribution in [0.25, 0.3) is 0 Å². The van der Waals surface area contributed by atoms with E-state index in [0.29, 0.717) is 0 Å². The van der Waals surface area contributed by atoms with Crippen molar-refractivity contribution in [3.8, 4) is 0 Å². The first-order valence-electron chi connectivity index (χ1n) is 8.47. The summed E-state index contributed by atoms with van der Waals surface area (Å²) in [4.78, 5) is 0. The quantitative estimate of drug-likeness (QED) is 0.304. The Labute approximate surface area is 163 Å². The molecule has 1 aliphatic rings. The molecule has 0 unspecified atom stereocenters. The van der Waals surface area contributed by atoms with Gasteiger partial charge in [-0.1, -0.05) is 37.6 Å². The molecule has 0 radical (unpaired) electrons. The molecule has 0 aliphatic heterocycles. The summed E-state index contributed by atoms with van der Waals surface area (Å²) in [6.45, 7) is 4.58. The third-order valence-corrected chi connectivity index (χ3v) is 3.46. The molecule has 0 N–H and O–H groups in total. The second-order valence-corrected chi connectivity index (χ2v) is 5.68. The standard InChI is InChI=1S/C11H18.2C6H5.Pt/c1-10(2)11-8-6-4-3-5-7-9-11;2*1-2-4-6-5-3-1;/h3-4,9-10H,5-8H2,1-2H3;2*1-5H;/q;2*-1;+2/b4-3-,11-9+;;;. The Balaban J connectivity index is 0.000000348. The molecule has 3 rings (SSSR count). The van der Waals surface area contributed by atoms with Gasteiger partial charge in [-0.05, 0) is 31.6 Å². The normalized spacial score (nSPS) is 16.4. The van der Waals surface area contributed by atoms with Crippen LogP contribution in [0, 0.1) is 18.1 Å². The SMILES string of the molecule is CC(C)/C1=C/CC/C=C\CC1.[Pt+2].[c-]1ccccc1.[c-]1ccccc1. The third-order valence-electron chi connectivity index (χ3n) is 3.46. The first-order chi connectivity index (χ1) is 11.3. The third kappa shape index (κ3) is 13.1. The summed E-state index contributed by atoms with van der Waals surface area (Å²) in [5, 5.41) is 0. The Morgan fingerprint density at radius 1 is 0.708 bits per heavy atom. The average Bonchev–Trinajstić information content (AvgIpc) is 2.58. The van der Waals surface area contributed by atoms with Gasteiger partial charge in [-0.25, -0.2) is 0 Å². The van der Waals surface area contributed by atoms with E-state index in [4.69, 9.17) is 0 Å². The van der Waals surface area contributed by atoms with Crippen LogP contribution in [0.3, 0.4) is 0 Å². The van der Waals surface area contributed by atoms with Crippen molar-refractivity contribution >= 4 is 0 Å². The van der Waals surface area contributed by atoms with Crippen LogP contribution in [-0.2, 0) is 21.1 Å². The minimum atomic E-state index is 0. The Bertz CT molecular complexity index is 442. The van der Waals surface area contributed by atoms with Gasteiger partial charge in [-0.3, -0.25) is 0 Å². The molecule has 0 amide bonds. The van der Waals surface area contributed by atoms with Gasteiger partial charge < -0.3 is 0 Å². The summed E-state index contributed by atoms with van der Waals surface area (Å²) in [6.07, 6.45) is 12.0. The molecule has 2 aromatic carbocycles. The molecule has 0 heterocycles. The molecule has 0 nitrogen and oxygen atoms in total. The minimum Gasteiger partial charge on any atom is -0.184 e. The van der Waals surface area contributed by atoms with Crippen LogP contribution in [-0.4, -0.2) is 0 Å². The fraction of sp³-hybridized carbons (Fsp3) is 0.304. The number of rotatable bonds is 1. The maximum absolute atomic E-state index is 2.89. The van der Waals surface area contributed by atoms with E-state index in [0.717, 1.165) is 5.92 Å². The monoisotopic (exact) mass is 499 g/mol. The summed E-state index contributed by atoms with van der Waals surface area (Å²) in [6, 6.07) is 25.0. The minimum absolute atomic E-state index is 0. The van der Waals surface area contributed by atoms with Crippen molar-refractivity contribution in [1.82, 2.24) is 0 Å². The molecule has 0 fully saturated rings. The zero-order chi connectivity index (χ0) is 16.6. The van der Waals surface area contributed by atoms with Gasteiger partial charge in [0.25, 0.3) is 0 Å². The number of hydrogen-bond acceptors (Lipinski definition) is 0. The number of allylic oxidation sites excluding steroid dienone is 4. The maximum atomic E-state index is 2.89. The zero-order valence-corrected chi connectivity index (χ0v) is 17.0. The van der Waals surface area contributed by atoms with E-state index in [2.05, 4.69) is 44.2 Å². The van der Waals surface area contributed by atoms with E-state index in [1.807, 2.05) is 60.7 Å². The Morgan fingerprint density at radius 2 is 1.21 bits per heavy atom. The van der Waals surface area contributed by atoms with Gasteiger partial charge in [-0.15, -0.1) is 0 Å². The molecule has 0 aromatic heterocycles. The molecular formula is C23H28Pt. The fourth-order valence-corrected chi connectivity index (χ4v) is 2.16. The maximum Gasteiger partial charge on any atom is 2.00 e. The van der Waals surface area contributed by atoms with E-state index in [9.17, 15) is 0 Å². The Hall–Kier alpha value is -1.39. The van der Waals surface area contributed by atoms with Crippen molar-refractivity contribution in [3.05, 3.63) is 96.6 Å². The second-order valence-electron chi connectivity index (χ2n) is 5.68. The summed E-state index contributed by atoms with van der Waals surface area (Å²) < 4.78 is 0. The predicted octanol–water partition coefficient (Wildman–Crippen LogP) is 6.67. The van der Waals surface area contributed by atoms with Crippen molar-refractivity contribution in [3.63, 3.8) is 0 Å². The predicted molar refractivity (Wildman–Crippen MR) is 101 cm³/mol. The van der Waals surface area contributed by atoms with E-state index in [1.165, 1.54) is 25.7 Å². The summed E-state index contributed by atoms with van der Waals surface area (Å²) in [7, 11) is 0. The molecule has 0 saturated carbocycles. The van der Waals surface area contributed by atoms with Gasteiger partial charge in [0, 0.05) is 0 Å². The molecule has 24 heavy (non-hydrogen) atoms. The summed E-state index contributed by atoms with van der Waals surface area (Å²) in [5.41, 5.74) is 1.65. The molecule has 2 aromatic rings. The van der Waals surface area contributed by atoms with Crippen LogP contribution in [0.1, 0.15) is 39.5 Å². The molecule has 0 atom stereocenters. The smallest absolute Gasteiger partial charge is 0.184 e. The van der Waals surface area contributed by atoms with Crippen LogP contribution in [0.4, 0.5) is 0 Å². The van der Waals surface area contributed by atoms with Crippen molar-refractivity contribution in [2.24, 2.45) is 5.92 Å². The topological polar surface area (TPSA) is 0 Å². The average molecular weight is 500 g/mol. The van der Waals surface area contributed by atoms with Crippen LogP contribution in [0.2, 0.25) is 0 Å². The number of benzene rings is 2. The van der Waals surface area contributed by atoms with E-state index in [-0.39, 0.29) is 21.1 Å². The van der Waals surface area contributed by atoms with Gasteiger partial charge in [0.15, 0.2) is 0 Å². The second kappa shape index (κ2) is 16.5. The van der Waals surface area contributed by atoms with Gasteiger partial charge >= 0.3 is 21.1 Å². The van der Waals surface area contributed by atoms with Gasteiger partial charge in [0.1, 0.15) is 0 Å². The molecular weight excluding hydrogens is 471 g/mol. The molecule has 1 heteroatoms. The fourth-order valence-electron chi connectivity index (χ4n) is 2.16. The first kappa shape index (κ1) is 22.6. The van der Waals surface area contributed by atoms with Crippen molar-refractivity contribution < 1.29 is 21.1 Å². The van der Waals surface area contributed by atoms with Crippen LogP contribution >= 0.6 is 0 Å². The molecule has 1 aliphatic carbocycles. The van der Waals surface area contributed by atoms with Crippen molar-refractivity contribution in [1.29, 1.82) is 0 Å². The molecule has 130 valence electrons. The molecule has 0 saturated heterocycles. The van der Waals surface area contributed by atoms with Crippen LogP contribution in [0.15, 0.2) is 84.5 Å². The largest absolute Gasteiger partial charge is 2.00 e. The van der Waals surface area contributed by atoms with Crippen LogP contribution in [0.5, 0.6) is 0 Å². The van der Waals surface area contributed by atoms with Gasteiger partial charge in [0.2, 0.25) is 0 Å². The van der Waals surface area contributed by atoms with E-state index >= 15 is 0 Å². The van der Waals surface area contributed by atoms with Crippen molar-refractivity contribution in [2.45, 2.75) is 39.5 Å². The Kier molecular flexibility index (Phi) is 15.5. The first-order valence-corrected chi connectivity index (χ1v) is 8.47. The molecule has 0 bridgehead atoms. The van der Waals surface area contributed by atoms with Gasteiger partial charge in [-0.2, -0.15) is 72.8 Å². The van der Waals surface area contributed by atoms with Gasteiger partial charge in [0.05, 0.1) is 0 Å². The molecule has 0 spiro atoms. The zero-order valence-electron chi connectivity index (χ0n) is 14.7. The van der Waals surface area contributed by atoms with Crippen molar-refractivity contribution in [2.75, 3.05) is 0 Å². The number of hydrogen-bond donors (Lipinski definition) is 0. The summed E-state index contributed by atoms with van der Waals surface area (Å²) >= 11 is 0. The van der Waals surface area contributed by atoms with E-state index < -0.39 is 0 Å². The van der Waals surface area contributed by atoms with E-state index in [1.54, 1.807) is 5.57 Å². The summed E-state index contributed by atoms with van der Waals surface area (Å²) in [5.74, 6) is 0.751. The Morgan fingerprint density at radius 3 is 1.58 bits per heavy atom. The van der Waals surface area contributed by atoms with Crippen LogP contribution < -0.4 is 0 Å².